The van der Waals surface area contributed by atoms with E-state index < -0.39 is 0 Å². The Hall–Kier alpha value is -1.51. The quantitative estimate of drug-likeness (QED) is 0.868. The van der Waals surface area contributed by atoms with Gasteiger partial charge in [-0.2, -0.15) is 0 Å². The Labute approximate surface area is 119 Å². The van der Waals surface area contributed by atoms with E-state index in [1.54, 1.807) is 0 Å². The predicted octanol–water partition coefficient (Wildman–Crippen LogP) is 3.88. The lowest BCUT2D eigenvalue weighted by Gasteiger charge is -2.15. The van der Waals surface area contributed by atoms with Crippen molar-refractivity contribution in [1.82, 2.24) is 0 Å². The van der Waals surface area contributed by atoms with Crippen molar-refractivity contribution in [2.45, 2.75) is 26.0 Å². The Morgan fingerprint density at radius 1 is 1.00 bits per heavy atom. The molecule has 0 aliphatic heterocycles. The third-order valence-electron chi connectivity index (χ3n) is 3.00. The van der Waals surface area contributed by atoms with Crippen molar-refractivity contribution < 1.29 is 5.11 Å². The van der Waals surface area contributed by atoms with Crippen LogP contribution >= 0.6 is 11.6 Å². The van der Waals surface area contributed by atoms with Crippen molar-refractivity contribution >= 4 is 17.3 Å². The summed E-state index contributed by atoms with van der Waals surface area (Å²) in [6.07, 6.45) is 0.943. The van der Waals surface area contributed by atoms with Crippen LogP contribution in [-0.4, -0.2) is 11.1 Å². The molecule has 100 valence electrons. The molecule has 2 N–H and O–H groups in total. The van der Waals surface area contributed by atoms with Crippen LogP contribution in [0.3, 0.4) is 0 Å². The van der Waals surface area contributed by atoms with E-state index in [9.17, 15) is 0 Å². The third-order valence-corrected chi connectivity index (χ3v) is 3.26. The Morgan fingerprint density at radius 2 is 1.58 bits per heavy atom. The molecule has 0 amide bonds. The highest BCUT2D eigenvalue weighted by molar-refractivity contribution is 6.30. The predicted molar refractivity (Wildman–Crippen MR) is 80.6 cm³/mol. The van der Waals surface area contributed by atoms with Gasteiger partial charge in [0, 0.05) is 16.8 Å². The zero-order valence-electron chi connectivity index (χ0n) is 10.9. The molecule has 0 aliphatic rings. The fourth-order valence-corrected chi connectivity index (χ4v) is 2.14. The standard InChI is InChI=1S/C16H18ClNO/c1-12(10-13-2-6-15(17)7-3-13)18-16-8-4-14(11-19)5-9-16/h2-9,12,18-19H,10-11H2,1H3. The molecule has 0 bridgehead atoms. The zero-order chi connectivity index (χ0) is 13.7. The minimum absolute atomic E-state index is 0.0839. The van der Waals surface area contributed by atoms with Crippen molar-refractivity contribution in [3.8, 4) is 0 Å². The number of aliphatic hydroxyl groups is 1. The monoisotopic (exact) mass is 275 g/mol. The molecule has 1 atom stereocenters. The average Bonchev–Trinajstić information content (AvgIpc) is 2.42. The summed E-state index contributed by atoms with van der Waals surface area (Å²) in [5, 5.41) is 13.2. The molecule has 0 saturated carbocycles. The van der Waals surface area contributed by atoms with E-state index in [0.717, 1.165) is 22.7 Å². The van der Waals surface area contributed by atoms with E-state index in [-0.39, 0.29) is 6.61 Å². The number of nitrogens with one attached hydrogen (secondary N) is 1. The molecular weight excluding hydrogens is 258 g/mol. The summed E-state index contributed by atoms with van der Waals surface area (Å²) in [6, 6.07) is 16.1. The molecule has 2 aromatic carbocycles. The van der Waals surface area contributed by atoms with Crippen LogP contribution in [0.4, 0.5) is 5.69 Å². The molecule has 2 rings (SSSR count). The smallest absolute Gasteiger partial charge is 0.0681 e. The second-order valence-corrected chi connectivity index (χ2v) is 5.17. The summed E-state index contributed by atoms with van der Waals surface area (Å²) < 4.78 is 0. The number of anilines is 1. The summed E-state index contributed by atoms with van der Waals surface area (Å²) >= 11 is 5.87. The first-order valence-corrected chi connectivity index (χ1v) is 6.76. The molecule has 2 nitrogen and oxygen atoms in total. The van der Waals surface area contributed by atoms with Crippen LogP contribution in [0, 0.1) is 0 Å². The van der Waals surface area contributed by atoms with Crippen molar-refractivity contribution in [3.05, 3.63) is 64.7 Å². The number of aliphatic hydroxyl groups excluding tert-OH is 1. The van der Waals surface area contributed by atoms with Gasteiger partial charge in [0.2, 0.25) is 0 Å². The van der Waals surface area contributed by atoms with Gasteiger partial charge in [-0.3, -0.25) is 0 Å². The fraction of sp³-hybridized carbons (Fsp3) is 0.250. The van der Waals surface area contributed by atoms with Crippen LogP contribution < -0.4 is 5.32 Å². The molecule has 0 aromatic heterocycles. The minimum atomic E-state index is 0.0839. The van der Waals surface area contributed by atoms with Gasteiger partial charge in [-0.05, 0) is 48.7 Å². The largest absolute Gasteiger partial charge is 0.392 e. The maximum Gasteiger partial charge on any atom is 0.0681 e. The lowest BCUT2D eigenvalue weighted by molar-refractivity contribution is 0.282. The molecule has 0 spiro atoms. The lowest BCUT2D eigenvalue weighted by atomic mass is 10.1. The van der Waals surface area contributed by atoms with Gasteiger partial charge in [0.15, 0.2) is 0 Å². The topological polar surface area (TPSA) is 32.3 Å². The number of rotatable bonds is 5. The minimum Gasteiger partial charge on any atom is -0.392 e. The fourth-order valence-electron chi connectivity index (χ4n) is 2.02. The maximum absolute atomic E-state index is 9.00. The number of hydrogen-bond acceptors (Lipinski definition) is 2. The average molecular weight is 276 g/mol. The maximum atomic E-state index is 9.00. The van der Waals surface area contributed by atoms with Crippen LogP contribution in [-0.2, 0) is 13.0 Å². The Kier molecular flexibility index (Phi) is 4.83. The van der Waals surface area contributed by atoms with Gasteiger partial charge in [0.25, 0.3) is 0 Å². The number of benzene rings is 2. The van der Waals surface area contributed by atoms with Crippen LogP contribution in [0.25, 0.3) is 0 Å². The molecule has 0 aliphatic carbocycles. The van der Waals surface area contributed by atoms with Crippen LogP contribution in [0.15, 0.2) is 48.5 Å². The van der Waals surface area contributed by atoms with E-state index >= 15 is 0 Å². The summed E-state index contributed by atoms with van der Waals surface area (Å²) in [4.78, 5) is 0. The molecular formula is C16H18ClNO. The lowest BCUT2D eigenvalue weighted by Crippen LogP contribution is -2.17. The Morgan fingerprint density at radius 3 is 2.16 bits per heavy atom. The Balaban J connectivity index is 1.92. The van der Waals surface area contributed by atoms with Gasteiger partial charge in [0.1, 0.15) is 0 Å². The number of halogens is 1. The first-order chi connectivity index (χ1) is 9.17. The third kappa shape index (κ3) is 4.27. The summed E-state index contributed by atoms with van der Waals surface area (Å²) in [7, 11) is 0. The van der Waals surface area contributed by atoms with Gasteiger partial charge in [-0.1, -0.05) is 35.9 Å². The highest BCUT2D eigenvalue weighted by atomic mass is 35.5. The molecule has 0 fully saturated rings. The van der Waals surface area contributed by atoms with Crippen molar-refractivity contribution in [1.29, 1.82) is 0 Å². The van der Waals surface area contributed by atoms with Crippen molar-refractivity contribution in [2.75, 3.05) is 5.32 Å². The molecule has 19 heavy (non-hydrogen) atoms. The molecule has 0 heterocycles. The second kappa shape index (κ2) is 6.60. The number of hydrogen-bond donors (Lipinski definition) is 2. The van der Waals surface area contributed by atoms with Gasteiger partial charge in [-0.25, -0.2) is 0 Å². The zero-order valence-corrected chi connectivity index (χ0v) is 11.7. The highest BCUT2D eigenvalue weighted by Crippen LogP contribution is 2.14. The molecule has 2 aromatic rings. The first kappa shape index (κ1) is 13.9. The van der Waals surface area contributed by atoms with Crippen LogP contribution in [0.5, 0.6) is 0 Å². The molecule has 3 heteroatoms. The van der Waals surface area contributed by atoms with E-state index in [2.05, 4.69) is 24.4 Å². The van der Waals surface area contributed by atoms with E-state index in [1.807, 2.05) is 36.4 Å². The molecule has 0 saturated heterocycles. The summed E-state index contributed by atoms with van der Waals surface area (Å²) in [5.41, 5.74) is 3.26. The van der Waals surface area contributed by atoms with E-state index in [4.69, 9.17) is 16.7 Å². The SMILES string of the molecule is CC(Cc1ccc(Cl)cc1)Nc1ccc(CO)cc1. The van der Waals surface area contributed by atoms with E-state index in [0.29, 0.717) is 6.04 Å². The van der Waals surface area contributed by atoms with Gasteiger partial charge in [0.05, 0.1) is 6.61 Å². The second-order valence-electron chi connectivity index (χ2n) is 4.73. The van der Waals surface area contributed by atoms with Gasteiger partial charge < -0.3 is 10.4 Å². The van der Waals surface area contributed by atoms with Crippen molar-refractivity contribution in [2.24, 2.45) is 0 Å². The van der Waals surface area contributed by atoms with Gasteiger partial charge >= 0.3 is 0 Å². The first-order valence-electron chi connectivity index (χ1n) is 6.38. The van der Waals surface area contributed by atoms with E-state index in [1.165, 1.54) is 5.56 Å². The molecule has 0 radical (unpaired) electrons. The summed E-state index contributed by atoms with van der Waals surface area (Å²) in [5.74, 6) is 0. The van der Waals surface area contributed by atoms with Crippen molar-refractivity contribution in [3.63, 3.8) is 0 Å². The highest BCUT2D eigenvalue weighted by Gasteiger charge is 2.03. The normalized spacial score (nSPS) is 12.2. The van der Waals surface area contributed by atoms with Crippen LogP contribution in [0.2, 0.25) is 5.02 Å². The molecule has 1 unspecified atom stereocenters. The Bertz CT molecular complexity index is 507. The van der Waals surface area contributed by atoms with Crippen LogP contribution in [0.1, 0.15) is 18.1 Å². The van der Waals surface area contributed by atoms with Gasteiger partial charge in [-0.15, -0.1) is 0 Å². The summed E-state index contributed by atoms with van der Waals surface area (Å²) in [6.45, 7) is 2.23.